The largest absolute Gasteiger partial charge is 0.478 e. The Morgan fingerprint density at radius 1 is 1.18 bits per heavy atom. The van der Waals surface area contributed by atoms with Crippen molar-refractivity contribution in [1.82, 2.24) is 4.98 Å². The first kappa shape index (κ1) is 15.0. The van der Waals surface area contributed by atoms with Crippen molar-refractivity contribution in [2.45, 2.75) is 6.92 Å². The summed E-state index contributed by atoms with van der Waals surface area (Å²) in [5, 5.41) is 10.5. The van der Waals surface area contributed by atoms with Gasteiger partial charge in [-0.2, -0.15) is 0 Å². The molecule has 0 saturated carbocycles. The maximum absolute atomic E-state index is 11.6. The van der Waals surface area contributed by atoms with Gasteiger partial charge in [-0.1, -0.05) is 39.7 Å². The minimum Gasteiger partial charge on any atom is -0.478 e. The monoisotopic (exact) mass is 375 g/mol. The quantitative estimate of drug-likeness (QED) is 0.658. The number of fused-ring (bicyclic) bond motifs is 1. The Labute approximate surface area is 140 Å². The first-order valence-corrected chi connectivity index (χ1v) is 7.73. The standard InChI is InChI=1S/C17H11BrClNO2/c1-9-6-12-13(17(21)22)8-15(20-16(12)14(19)7-9)10-2-4-11(18)5-3-10/h2-8H,1H3,(H,21,22). The van der Waals surface area contributed by atoms with E-state index in [1.165, 1.54) is 0 Å². The fourth-order valence-electron chi connectivity index (χ4n) is 2.37. The van der Waals surface area contributed by atoms with Crippen LogP contribution in [0.1, 0.15) is 15.9 Å². The summed E-state index contributed by atoms with van der Waals surface area (Å²) in [6, 6.07) is 12.7. The molecule has 0 atom stereocenters. The van der Waals surface area contributed by atoms with Crippen LogP contribution in [-0.4, -0.2) is 16.1 Å². The zero-order valence-corrected chi connectivity index (χ0v) is 13.9. The van der Waals surface area contributed by atoms with Gasteiger partial charge in [0.05, 0.1) is 21.8 Å². The smallest absolute Gasteiger partial charge is 0.336 e. The van der Waals surface area contributed by atoms with Crippen molar-refractivity contribution in [1.29, 1.82) is 0 Å². The Hall–Kier alpha value is -1.91. The molecule has 0 bridgehead atoms. The van der Waals surface area contributed by atoms with Crippen molar-refractivity contribution in [3.63, 3.8) is 0 Å². The van der Waals surface area contributed by atoms with Crippen LogP contribution < -0.4 is 0 Å². The first-order valence-electron chi connectivity index (χ1n) is 6.56. The number of pyridine rings is 1. The van der Waals surface area contributed by atoms with Gasteiger partial charge in [0, 0.05) is 15.4 Å². The first-order chi connectivity index (χ1) is 10.5. The molecule has 2 aromatic carbocycles. The Bertz CT molecular complexity index is 891. The molecular weight excluding hydrogens is 366 g/mol. The average Bonchev–Trinajstić information content (AvgIpc) is 2.47. The van der Waals surface area contributed by atoms with Crippen LogP contribution >= 0.6 is 27.5 Å². The van der Waals surface area contributed by atoms with Gasteiger partial charge in [0.25, 0.3) is 0 Å². The molecule has 22 heavy (non-hydrogen) atoms. The Morgan fingerprint density at radius 2 is 1.86 bits per heavy atom. The van der Waals surface area contributed by atoms with Crippen LogP contribution in [-0.2, 0) is 0 Å². The lowest BCUT2D eigenvalue weighted by Crippen LogP contribution is -2.01. The molecule has 3 aromatic rings. The van der Waals surface area contributed by atoms with Crippen LogP contribution in [0, 0.1) is 6.92 Å². The number of hydrogen-bond donors (Lipinski definition) is 1. The predicted octanol–water partition coefficient (Wildman–Crippen LogP) is 5.32. The highest BCUT2D eigenvalue weighted by Gasteiger charge is 2.15. The van der Waals surface area contributed by atoms with Crippen LogP contribution in [0.15, 0.2) is 46.9 Å². The molecule has 1 aromatic heterocycles. The van der Waals surface area contributed by atoms with Gasteiger partial charge >= 0.3 is 5.97 Å². The summed E-state index contributed by atoms with van der Waals surface area (Å²) >= 11 is 9.64. The van der Waals surface area contributed by atoms with Crippen LogP contribution in [0.3, 0.4) is 0 Å². The molecule has 3 nitrogen and oxygen atoms in total. The lowest BCUT2D eigenvalue weighted by atomic mass is 10.0. The molecule has 5 heteroatoms. The van der Waals surface area contributed by atoms with E-state index in [9.17, 15) is 9.90 Å². The lowest BCUT2D eigenvalue weighted by molar-refractivity contribution is 0.0699. The van der Waals surface area contributed by atoms with E-state index in [2.05, 4.69) is 20.9 Å². The van der Waals surface area contributed by atoms with Gasteiger partial charge in [-0.25, -0.2) is 9.78 Å². The molecule has 0 aliphatic rings. The molecule has 0 unspecified atom stereocenters. The fourth-order valence-corrected chi connectivity index (χ4v) is 2.95. The lowest BCUT2D eigenvalue weighted by Gasteiger charge is -2.09. The second kappa shape index (κ2) is 5.71. The van der Waals surface area contributed by atoms with E-state index in [1.54, 1.807) is 18.2 Å². The highest BCUT2D eigenvalue weighted by molar-refractivity contribution is 9.10. The molecular formula is C17H11BrClNO2. The number of halogens is 2. The van der Waals surface area contributed by atoms with Crippen molar-refractivity contribution < 1.29 is 9.90 Å². The van der Waals surface area contributed by atoms with E-state index in [0.717, 1.165) is 15.6 Å². The molecule has 1 heterocycles. The van der Waals surface area contributed by atoms with E-state index >= 15 is 0 Å². The fraction of sp³-hybridized carbons (Fsp3) is 0.0588. The third kappa shape index (κ3) is 2.72. The van der Waals surface area contributed by atoms with Gasteiger partial charge in [0.2, 0.25) is 0 Å². The maximum Gasteiger partial charge on any atom is 0.336 e. The number of rotatable bonds is 2. The number of carbonyl (C=O) groups is 1. The molecule has 0 saturated heterocycles. The van der Waals surface area contributed by atoms with Gasteiger partial charge in [0.15, 0.2) is 0 Å². The van der Waals surface area contributed by atoms with Crippen molar-refractivity contribution >= 4 is 44.4 Å². The van der Waals surface area contributed by atoms with Gasteiger partial charge in [0.1, 0.15) is 0 Å². The zero-order valence-electron chi connectivity index (χ0n) is 11.6. The van der Waals surface area contributed by atoms with E-state index in [1.807, 2.05) is 31.2 Å². The molecule has 0 fully saturated rings. The molecule has 1 N–H and O–H groups in total. The topological polar surface area (TPSA) is 50.2 Å². The van der Waals surface area contributed by atoms with E-state index in [-0.39, 0.29) is 5.56 Å². The van der Waals surface area contributed by atoms with Gasteiger partial charge in [-0.3, -0.25) is 0 Å². The predicted molar refractivity (Wildman–Crippen MR) is 91.6 cm³/mol. The van der Waals surface area contributed by atoms with Gasteiger partial charge in [-0.05, 0) is 42.8 Å². The third-order valence-corrected chi connectivity index (χ3v) is 4.20. The third-order valence-electron chi connectivity index (χ3n) is 3.38. The van der Waals surface area contributed by atoms with Crippen LogP contribution in [0.2, 0.25) is 5.02 Å². The summed E-state index contributed by atoms with van der Waals surface area (Å²) in [6.07, 6.45) is 0. The van der Waals surface area contributed by atoms with Gasteiger partial charge < -0.3 is 5.11 Å². The second-order valence-corrected chi connectivity index (χ2v) is 6.33. The molecule has 0 spiro atoms. The van der Waals surface area contributed by atoms with Gasteiger partial charge in [-0.15, -0.1) is 0 Å². The summed E-state index contributed by atoms with van der Waals surface area (Å²) in [5.41, 5.74) is 3.03. The summed E-state index contributed by atoms with van der Waals surface area (Å²) in [6.45, 7) is 1.87. The van der Waals surface area contributed by atoms with Crippen molar-refractivity contribution in [2.75, 3.05) is 0 Å². The molecule has 0 radical (unpaired) electrons. The normalized spacial score (nSPS) is 10.9. The number of benzene rings is 2. The maximum atomic E-state index is 11.6. The highest BCUT2D eigenvalue weighted by atomic mass is 79.9. The summed E-state index contributed by atoms with van der Waals surface area (Å²) in [7, 11) is 0. The number of carboxylic acids is 1. The Morgan fingerprint density at radius 3 is 2.50 bits per heavy atom. The second-order valence-electron chi connectivity index (χ2n) is 5.01. The number of carboxylic acid groups (broad SMARTS) is 1. The number of aryl methyl sites for hydroxylation is 1. The van der Waals surface area contributed by atoms with Crippen molar-refractivity contribution in [3.8, 4) is 11.3 Å². The highest BCUT2D eigenvalue weighted by Crippen LogP contribution is 2.30. The number of aromatic nitrogens is 1. The molecule has 0 amide bonds. The van der Waals surface area contributed by atoms with Crippen LogP contribution in [0.5, 0.6) is 0 Å². The summed E-state index contributed by atoms with van der Waals surface area (Å²) < 4.78 is 0.948. The zero-order chi connectivity index (χ0) is 15.9. The number of hydrogen-bond acceptors (Lipinski definition) is 2. The minimum absolute atomic E-state index is 0.202. The van der Waals surface area contributed by atoms with Crippen LogP contribution in [0.25, 0.3) is 22.2 Å². The van der Waals surface area contributed by atoms with E-state index in [0.29, 0.717) is 21.6 Å². The van der Waals surface area contributed by atoms with Crippen molar-refractivity contribution in [3.05, 3.63) is 63.1 Å². The Kier molecular flexibility index (Phi) is 3.89. The minimum atomic E-state index is -0.993. The number of aromatic carboxylic acids is 1. The molecule has 3 rings (SSSR count). The summed E-state index contributed by atoms with van der Waals surface area (Å²) in [4.78, 5) is 16.1. The molecule has 110 valence electrons. The van der Waals surface area contributed by atoms with E-state index in [4.69, 9.17) is 11.6 Å². The SMILES string of the molecule is Cc1cc(Cl)c2nc(-c3ccc(Br)cc3)cc(C(=O)O)c2c1. The number of nitrogens with zero attached hydrogens (tertiary/aromatic N) is 1. The van der Waals surface area contributed by atoms with E-state index < -0.39 is 5.97 Å². The molecule has 0 aliphatic heterocycles. The summed E-state index contributed by atoms with van der Waals surface area (Å²) in [5.74, 6) is -0.993. The van der Waals surface area contributed by atoms with Crippen LogP contribution in [0.4, 0.5) is 0 Å². The van der Waals surface area contributed by atoms with Crippen molar-refractivity contribution in [2.24, 2.45) is 0 Å². The molecule has 0 aliphatic carbocycles. The Balaban J connectivity index is 2.34. The average molecular weight is 377 g/mol.